The van der Waals surface area contributed by atoms with Crippen LogP contribution in [0.4, 0.5) is 71.5 Å². The average molecular weight is 732 g/mol. The molecular weight excluding hydrogens is 710 g/mol. The van der Waals surface area contributed by atoms with Gasteiger partial charge in [0, 0.05) is 5.69 Å². The van der Waals surface area contributed by atoms with E-state index in [-0.39, 0.29) is 5.69 Å². The standard InChI is InChI=1S/C31H22BF15NSi/c1-31(2,3)49(5,6)48(4)12-9-7-11(8-10-12)32(13-16(33)22(39)28(45)23(40)17(13)34,14-18(35)24(41)29(46)25(42)19(14)36)15-20(37)26(43)30(47)27(44)21(15)38/h7-10H,1-6H3/q-1. The van der Waals surface area contributed by atoms with Crippen LogP contribution in [-0.4, -0.2) is 21.4 Å². The molecule has 0 N–H and O–H groups in total. The summed E-state index contributed by atoms with van der Waals surface area (Å²) >= 11 is 0. The van der Waals surface area contributed by atoms with E-state index in [4.69, 9.17) is 0 Å². The fourth-order valence-electron chi connectivity index (χ4n) is 5.75. The number of hydrogen-bond acceptors (Lipinski definition) is 1. The van der Waals surface area contributed by atoms with Crippen molar-refractivity contribution in [2.24, 2.45) is 0 Å². The van der Waals surface area contributed by atoms with E-state index in [0.717, 1.165) is 12.1 Å². The van der Waals surface area contributed by atoms with Crippen LogP contribution in [0.3, 0.4) is 0 Å². The summed E-state index contributed by atoms with van der Waals surface area (Å²) in [5, 5.41) is -0.408. The van der Waals surface area contributed by atoms with Crippen LogP contribution >= 0.6 is 0 Å². The lowest BCUT2D eigenvalue weighted by molar-refractivity contribution is 0.380. The van der Waals surface area contributed by atoms with Crippen LogP contribution in [0.15, 0.2) is 24.3 Å². The van der Waals surface area contributed by atoms with Gasteiger partial charge in [0.2, 0.25) is 0 Å². The van der Waals surface area contributed by atoms with Crippen LogP contribution in [0.5, 0.6) is 0 Å². The molecule has 4 aromatic carbocycles. The molecule has 4 aromatic rings. The topological polar surface area (TPSA) is 3.24 Å². The van der Waals surface area contributed by atoms with Crippen LogP contribution < -0.4 is 26.4 Å². The molecule has 0 spiro atoms. The van der Waals surface area contributed by atoms with Crippen LogP contribution in [0.25, 0.3) is 0 Å². The Morgan fingerprint density at radius 3 is 0.878 bits per heavy atom. The van der Waals surface area contributed by atoms with Gasteiger partial charge in [0.05, 0.1) is 0 Å². The summed E-state index contributed by atoms with van der Waals surface area (Å²) in [6.07, 6.45) is -5.82. The maximum atomic E-state index is 15.8. The van der Waals surface area contributed by atoms with E-state index in [1.165, 1.54) is 0 Å². The van der Waals surface area contributed by atoms with E-state index in [9.17, 15) is 39.5 Å². The molecule has 49 heavy (non-hydrogen) atoms. The fraction of sp³-hybridized carbons (Fsp3) is 0.226. The Labute approximate surface area is 270 Å². The van der Waals surface area contributed by atoms with E-state index < -0.39 is 129 Å². The summed E-state index contributed by atoms with van der Waals surface area (Å²) < 4.78 is 228. The van der Waals surface area contributed by atoms with Gasteiger partial charge in [-0.15, -0.1) is 16.4 Å². The van der Waals surface area contributed by atoms with Crippen molar-refractivity contribution in [2.75, 3.05) is 11.6 Å². The van der Waals surface area contributed by atoms with Crippen LogP contribution in [0, 0.1) is 87.3 Å². The second-order valence-electron chi connectivity index (χ2n) is 12.8. The van der Waals surface area contributed by atoms with Crippen molar-refractivity contribution in [2.45, 2.75) is 38.9 Å². The molecule has 0 radical (unpaired) electrons. The minimum atomic E-state index is -5.82. The van der Waals surface area contributed by atoms with Gasteiger partial charge in [-0.2, -0.15) is 5.46 Å². The highest BCUT2D eigenvalue weighted by atomic mass is 28.3. The van der Waals surface area contributed by atoms with Crippen LogP contribution in [0.1, 0.15) is 20.8 Å². The van der Waals surface area contributed by atoms with E-state index in [1.807, 2.05) is 33.9 Å². The Kier molecular flexibility index (Phi) is 9.51. The molecule has 0 aromatic heterocycles. The zero-order valence-corrected chi connectivity index (χ0v) is 27.0. The summed E-state index contributed by atoms with van der Waals surface area (Å²) in [4.78, 5) is 0. The number of anilines is 1. The lowest BCUT2D eigenvalue weighted by Crippen LogP contribution is -2.79. The van der Waals surface area contributed by atoms with Gasteiger partial charge in [0.1, 0.15) is 41.0 Å². The molecule has 1 nitrogen and oxygen atoms in total. The maximum absolute atomic E-state index is 15.8. The molecule has 264 valence electrons. The third-order valence-corrected chi connectivity index (χ3v) is 15.1. The van der Waals surface area contributed by atoms with Crippen LogP contribution in [0.2, 0.25) is 18.1 Å². The van der Waals surface area contributed by atoms with Crippen molar-refractivity contribution in [3.05, 3.63) is 112 Å². The molecule has 0 atom stereocenters. The first-order valence-corrected chi connectivity index (χ1v) is 16.9. The smallest absolute Gasteiger partial charge is 0.200 e. The molecular formula is C31H22BF15NSi-. The Balaban J connectivity index is 2.43. The summed E-state index contributed by atoms with van der Waals surface area (Å²) in [7, 11) is -1.02. The van der Waals surface area contributed by atoms with E-state index >= 15 is 26.3 Å². The molecule has 0 saturated heterocycles. The Morgan fingerprint density at radius 2 is 0.653 bits per heavy atom. The van der Waals surface area contributed by atoms with Gasteiger partial charge in [0.25, 0.3) is 0 Å². The second kappa shape index (κ2) is 12.4. The van der Waals surface area contributed by atoms with Gasteiger partial charge in [-0.1, -0.05) is 46.0 Å². The first kappa shape index (κ1) is 37.7. The fourth-order valence-corrected chi connectivity index (χ4v) is 7.55. The molecule has 0 aliphatic carbocycles. The van der Waals surface area contributed by atoms with Gasteiger partial charge in [-0.05, 0) is 24.2 Å². The van der Waals surface area contributed by atoms with Gasteiger partial charge in [0.15, 0.2) is 60.6 Å². The predicted octanol–water partition coefficient (Wildman–Crippen LogP) is 7.59. The Bertz CT molecular complexity index is 1750. The van der Waals surface area contributed by atoms with Gasteiger partial charge < -0.3 is 4.57 Å². The highest BCUT2D eigenvalue weighted by molar-refractivity contribution is 7.20. The number of rotatable bonds is 6. The molecule has 0 unspecified atom stereocenters. The molecule has 4 rings (SSSR count). The lowest BCUT2D eigenvalue weighted by atomic mass is 9.12. The van der Waals surface area contributed by atoms with Crippen molar-refractivity contribution >= 4 is 41.9 Å². The zero-order valence-electron chi connectivity index (χ0n) is 26.0. The summed E-state index contributed by atoms with van der Waals surface area (Å²) in [5.41, 5.74) is -9.27. The number of hydrogen-bond donors (Lipinski definition) is 0. The SMILES string of the molecule is CN(c1ccc([B-](c2c(F)c(F)c(F)c(F)c2F)(c2c(F)c(F)c(F)c(F)c2F)c2c(F)c(F)c(F)c(F)c2F)cc1)[Si](C)(C)C(C)(C)C. The van der Waals surface area contributed by atoms with Crippen molar-refractivity contribution in [3.63, 3.8) is 0 Å². The normalized spacial score (nSPS) is 12.6. The molecule has 0 amide bonds. The highest BCUT2D eigenvalue weighted by Gasteiger charge is 2.49. The molecule has 0 heterocycles. The third kappa shape index (κ3) is 5.28. The monoisotopic (exact) mass is 732 g/mol. The zero-order chi connectivity index (χ0) is 37.5. The highest BCUT2D eigenvalue weighted by Crippen LogP contribution is 2.39. The van der Waals surface area contributed by atoms with Gasteiger partial charge >= 0.3 is 0 Å². The number of nitrogens with zero attached hydrogens (tertiary/aromatic N) is 1. The maximum Gasteiger partial charge on any atom is 0.200 e. The van der Waals surface area contributed by atoms with E-state index in [1.54, 1.807) is 11.6 Å². The number of halogens is 15. The van der Waals surface area contributed by atoms with E-state index in [0.29, 0.717) is 12.1 Å². The Morgan fingerprint density at radius 1 is 0.429 bits per heavy atom. The number of benzene rings is 4. The quantitative estimate of drug-likeness (QED) is 0.0856. The van der Waals surface area contributed by atoms with Crippen LogP contribution in [-0.2, 0) is 0 Å². The van der Waals surface area contributed by atoms with Crippen molar-refractivity contribution in [1.82, 2.24) is 0 Å². The van der Waals surface area contributed by atoms with Crippen molar-refractivity contribution in [1.29, 1.82) is 0 Å². The molecule has 0 fully saturated rings. The van der Waals surface area contributed by atoms with E-state index in [2.05, 4.69) is 0 Å². The van der Waals surface area contributed by atoms with Gasteiger partial charge in [-0.3, -0.25) is 0 Å². The average Bonchev–Trinajstić information content (AvgIpc) is 3.05. The van der Waals surface area contributed by atoms with Gasteiger partial charge in [-0.25, -0.2) is 65.9 Å². The Hall–Kier alpha value is -4.09. The second-order valence-corrected chi connectivity index (χ2v) is 18.1. The summed E-state index contributed by atoms with van der Waals surface area (Å²) in [6, 6.07) is 2.87. The first-order chi connectivity index (χ1) is 22.4. The molecule has 0 bridgehead atoms. The summed E-state index contributed by atoms with van der Waals surface area (Å²) in [6.45, 7) is 9.27. The van der Waals surface area contributed by atoms with Crippen molar-refractivity contribution in [3.8, 4) is 0 Å². The predicted molar refractivity (Wildman–Crippen MR) is 155 cm³/mol. The minimum Gasteiger partial charge on any atom is -0.400 e. The lowest BCUT2D eigenvalue weighted by Gasteiger charge is -2.46. The first-order valence-electron chi connectivity index (χ1n) is 14.0. The largest absolute Gasteiger partial charge is 0.400 e. The third-order valence-electron chi connectivity index (χ3n) is 9.48. The minimum absolute atomic E-state index is 0.132. The molecule has 0 aliphatic rings. The van der Waals surface area contributed by atoms with Crippen molar-refractivity contribution < 1.29 is 65.9 Å². The molecule has 18 heteroatoms. The molecule has 0 aliphatic heterocycles. The molecule has 0 saturated carbocycles. The summed E-state index contributed by atoms with van der Waals surface area (Å²) in [5.74, 6) is -45.5.